The Kier molecular flexibility index (Phi) is 3.59. The first-order valence-corrected chi connectivity index (χ1v) is 5.74. The molecule has 1 N–H and O–H groups in total. The number of carbonyl (C=O) groups excluding carboxylic acids is 1. The summed E-state index contributed by atoms with van der Waals surface area (Å²) in [5, 5.41) is 9.27. The van der Waals surface area contributed by atoms with Crippen LogP contribution in [0.25, 0.3) is 0 Å². The van der Waals surface area contributed by atoms with E-state index in [0.29, 0.717) is 6.54 Å². The Labute approximate surface area is 103 Å². The van der Waals surface area contributed by atoms with Gasteiger partial charge in [0.05, 0.1) is 17.7 Å². The average Bonchev–Trinajstić information content (AvgIpc) is 2.76. The first kappa shape index (κ1) is 12.3. The highest BCUT2D eigenvalue weighted by Gasteiger charge is 2.30. The van der Waals surface area contributed by atoms with Crippen molar-refractivity contribution in [2.24, 2.45) is 0 Å². The molecule has 92 valence electrons. The third kappa shape index (κ3) is 2.40. The Morgan fingerprint density at radius 2 is 2.47 bits per heavy atom. The van der Waals surface area contributed by atoms with Crippen molar-refractivity contribution in [3.8, 4) is 0 Å². The van der Waals surface area contributed by atoms with E-state index in [1.807, 2.05) is 0 Å². The molecule has 0 saturated carbocycles. The fraction of sp³-hybridized carbons (Fsp3) is 0.455. The Morgan fingerprint density at radius 1 is 1.71 bits per heavy atom. The highest BCUT2D eigenvalue weighted by molar-refractivity contribution is 6.30. The molecule has 1 aliphatic heterocycles. The van der Waals surface area contributed by atoms with Crippen molar-refractivity contribution < 1.29 is 14.3 Å². The molecule has 0 radical (unpaired) electrons. The van der Waals surface area contributed by atoms with Crippen LogP contribution in [0.15, 0.2) is 12.3 Å². The summed E-state index contributed by atoms with van der Waals surface area (Å²) in [6.45, 7) is 0.411. The van der Waals surface area contributed by atoms with E-state index in [1.54, 1.807) is 0 Å². The van der Waals surface area contributed by atoms with E-state index in [9.17, 15) is 9.18 Å². The zero-order chi connectivity index (χ0) is 12.4. The molecule has 1 saturated heterocycles. The molecule has 0 aromatic carbocycles. The molecule has 1 unspecified atom stereocenters. The predicted molar refractivity (Wildman–Crippen MR) is 60.3 cm³/mol. The molecule has 0 aliphatic carbocycles. The molecule has 1 aromatic heterocycles. The SMILES string of the molecule is O=C(c1ncc(Cl)cc1F)N1CCCC1CO. The number of hydrogen-bond donors (Lipinski definition) is 1. The standard InChI is InChI=1S/C11H12ClFN2O2/c12-7-4-9(13)10(14-5-7)11(17)15-3-1-2-8(15)6-16/h4-5,8,16H,1-3,6H2. The van der Waals surface area contributed by atoms with Crippen LogP contribution in [0.1, 0.15) is 23.3 Å². The van der Waals surface area contributed by atoms with Crippen LogP contribution < -0.4 is 0 Å². The largest absolute Gasteiger partial charge is 0.394 e. The maximum atomic E-state index is 13.5. The van der Waals surface area contributed by atoms with E-state index in [0.717, 1.165) is 18.9 Å². The maximum Gasteiger partial charge on any atom is 0.275 e. The molecule has 1 amide bonds. The Balaban J connectivity index is 2.24. The van der Waals surface area contributed by atoms with Gasteiger partial charge in [0.2, 0.25) is 0 Å². The highest BCUT2D eigenvalue weighted by Crippen LogP contribution is 2.21. The number of aliphatic hydroxyl groups is 1. The molecule has 6 heteroatoms. The van der Waals surface area contributed by atoms with Gasteiger partial charge in [-0.05, 0) is 18.9 Å². The van der Waals surface area contributed by atoms with Crippen molar-refractivity contribution in [3.05, 3.63) is 28.8 Å². The average molecular weight is 259 g/mol. The number of hydrogen-bond acceptors (Lipinski definition) is 3. The van der Waals surface area contributed by atoms with Crippen LogP contribution in [0.2, 0.25) is 5.02 Å². The quantitative estimate of drug-likeness (QED) is 0.874. The van der Waals surface area contributed by atoms with E-state index in [-0.39, 0.29) is 23.4 Å². The van der Waals surface area contributed by atoms with Gasteiger partial charge in [-0.3, -0.25) is 4.79 Å². The number of aliphatic hydroxyl groups excluding tert-OH is 1. The first-order valence-electron chi connectivity index (χ1n) is 5.36. The second-order valence-corrected chi connectivity index (χ2v) is 4.40. The van der Waals surface area contributed by atoms with Crippen LogP contribution in [0, 0.1) is 5.82 Å². The lowest BCUT2D eigenvalue weighted by Gasteiger charge is -2.22. The van der Waals surface area contributed by atoms with Crippen molar-refractivity contribution in [2.45, 2.75) is 18.9 Å². The minimum Gasteiger partial charge on any atom is -0.394 e. The monoisotopic (exact) mass is 258 g/mol. The van der Waals surface area contributed by atoms with E-state index in [1.165, 1.54) is 11.1 Å². The normalized spacial score (nSPS) is 19.7. The van der Waals surface area contributed by atoms with Crippen LogP contribution in [0.5, 0.6) is 0 Å². The molecular weight excluding hydrogens is 247 g/mol. The maximum absolute atomic E-state index is 13.5. The number of pyridine rings is 1. The van der Waals surface area contributed by atoms with Gasteiger partial charge in [0.1, 0.15) is 0 Å². The fourth-order valence-electron chi connectivity index (χ4n) is 2.00. The van der Waals surface area contributed by atoms with Gasteiger partial charge in [-0.25, -0.2) is 9.37 Å². The summed E-state index contributed by atoms with van der Waals surface area (Å²) in [5.41, 5.74) is -0.241. The molecule has 0 spiro atoms. The molecule has 4 nitrogen and oxygen atoms in total. The molecule has 1 fully saturated rings. The summed E-state index contributed by atoms with van der Waals surface area (Å²) in [7, 11) is 0. The van der Waals surface area contributed by atoms with Crippen molar-refractivity contribution in [2.75, 3.05) is 13.2 Å². The summed E-state index contributed by atoms with van der Waals surface area (Å²) < 4.78 is 13.5. The fourth-order valence-corrected chi connectivity index (χ4v) is 2.15. The zero-order valence-corrected chi connectivity index (χ0v) is 9.82. The van der Waals surface area contributed by atoms with Gasteiger partial charge in [0, 0.05) is 12.7 Å². The molecule has 2 rings (SSSR count). The van der Waals surface area contributed by atoms with Gasteiger partial charge < -0.3 is 10.0 Å². The minimum absolute atomic E-state index is 0.110. The summed E-state index contributed by atoms with van der Waals surface area (Å²) in [5.74, 6) is -1.22. The third-order valence-corrected chi connectivity index (χ3v) is 3.07. The van der Waals surface area contributed by atoms with Crippen molar-refractivity contribution in [3.63, 3.8) is 0 Å². The highest BCUT2D eigenvalue weighted by atomic mass is 35.5. The summed E-state index contributed by atoms with van der Waals surface area (Å²) in [6.07, 6.45) is 2.78. The second kappa shape index (κ2) is 4.98. The van der Waals surface area contributed by atoms with Crippen LogP contribution in [0.4, 0.5) is 4.39 Å². The number of carbonyl (C=O) groups is 1. The summed E-state index contributed by atoms with van der Waals surface area (Å²) in [6, 6.07) is 0.825. The first-order chi connectivity index (χ1) is 8.13. The van der Waals surface area contributed by atoms with Crippen molar-refractivity contribution >= 4 is 17.5 Å². The molecule has 1 aliphatic rings. The van der Waals surface area contributed by atoms with Gasteiger partial charge in [-0.15, -0.1) is 0 Å². The molecule has 1 atom stereocenters. The van der Waals surface area contributed by atoms with Crippen LogP contribution in [0.3, 0.4) is 0 Å². The molecule has 0 bridgehead atoms. The predicted octanol–water partition coefficient (Wildman–Crippen LogP) is 1.47. The number of aromatic nitrogens is 1. The van der Waals surface area contributed by atoms with Crippen molar-refractivity contribution in [1.82, 2.24) is 9.88 Å². The van der Waals surface area contributed by atoms with E-state index in [4.69, 9.17) is 16.7 Å². The number of nitrogens with zero attached hydrogens (tertiary/aromatic N) is 2. The van der Waals surface area contributed by atoms with Gasteiger partial charge in [-0.1, -0.05) is 11.6 Å². The van der Waals surface area contributed by atoms with Gasteiger partial charge in [-0.2, -0.15) is 0 Å². The third-order valence-electron chi connectivity index (χ3n) is 2.86. The smallest absolute Gasteiger partial charge is 0.275 e. The zero-order valence-electron chi connectivity index (χ0n) is 9.07. The Bertz CT molecular complexity index is 441. The van der Waals surface area contributed by atoms with Crippen LogP contribution in [-0.2, 0) is 0 Å². The summed E-state index contributed by atoms with van der Waals surface area (Å²) >= 11 is 5.57. The Morgan fingerprint density at radius 3 is 3.12 bits per heavy atom. The number of rotatable bonds is 2. The second-order valence-electron chi connectivity index (χ2n) is 3.96. The van der Waals surface area contributed by atoms with Gasteiger partial charge in [0.25, 0.3) is 5.91 Å². The van der Waals surface area contributed by atoms with Crippen LogP contribution >= 0.6 is 11.6 Å². The van der Waals surface area contributed by atoms with E-state index >= 15 is 0 Å². The number of amides is 1. The molecular formula is C11H12ClFN2O2. The lowest BCUT2D eigenvalue weighted by atomic mass is 10.2. The van der Waals surface area contributed by atoms with E-state index in [2.05, 4.69) is 4.98 Å². The Hall–Kier alpha value is -1.20. The lowest BCUT2D eigenvalue weighted by molar-refractivity contribution is 0.0666. The van der Waals surface area contributed by atoms with Gasteiger partial charge in [0.15, 0.2) is 11.5 Å². The number of halogens is 2. The lowest BCUT2D eigenvalue weighted by Crippen LogP contribution is -2.38. The van der Waals surface area contributed by atoms with Gasteiger partial charge >= 0.3 is 0 Å². The molecule has 2 heterocycles. The molecule has 1 aromatic rings. The summed E-state index contributed by atoms with van der Waals surface area (Å²) in [4.78, 5) is 17.2. The van der Waals surface area contributed by atoms with Crippen molar-refractivity contribution in [1.29, 1.82) is 0 Å². The van der Waals surface area contributed by atoms with E-state index < -0.39 is 11.7 Å². The molecule has 17 heavy (non-hydrogen) atoms. The number of likely N-dealkylation sites (tertiary alicyclic amines) is 1. The topological polar surface area (TPSA) is 53.4 Å². The van der Waals surface area contributed by atoms with Crippen LogP contribution in [-0.4, -0.2) is 40.1 Å². The minimum atomic E-state index is -0.730.